The van der Waals surface area contributed by atoms with Gasteiger partial charge in [-0.15, -0.1) is 0 Å². The van der Waals surface area contributed by atoms with Crippen LogP contribution in [0.5, 0.6) is 0 Å². The molecule has 12 heteroatoms. The van der Waals surface area contributed by atoms with E-state index in [0.717, 1.165) is 7.11 Å². The van der Waals surface area contributed by atoms with Gasteiger partial charge >= 0.3 is 18.1 Å². The van der Waals surface area contributed by atoms with E-state index in [1.54, 1.807) is 6.92 Å². The Balaban J connectivity index is 2.29. The van der Waals surface area contributed by atoms with Crippen molar-refractivity contribution in [2.45, 2.75) is 25.9 Å². The molecule has 1 N–H and O–H groups in total. The van der Waals surface area contributed by atoms with Crippen molar-refractivity contribution in [3.63, 3.8) is 0 Å². The molecule has 1 aromatic rings. The Kier molecular flexibility index (Phi) is 7.21. The zero-order chi connectivity index (χ0) is 26.1. The van der Waals surface area contributed by atoms with Crippen molar-refractivity contribution in [1.29, 1.82) is 5.26 Å². The summed E-state index contributed by atoms with van der Waals surface area (Å²) in [6, 6.07) is 2.60. The van der Waals surface area contributed by atoms with Crippen molar-refractivity contribution < 1.29 is 45.8 Å². The molecule has 2 heterocycles. The van der Waals surface area contributed by atoms with Gasteiger partial charge in [-0.05, 0) is 19.1 Å². The molecule has 1 fully saturated rings. The molecule has 0 aliphatic carbocycles. The molecule has 188 valence electrons. The fourth-order valence-corrected chi connectivity index (χ4v) is 4.04. The number of ether oxygens (including phenoxy) is 3. The Labute approximate surface area is 197 Å². The molecular weight excluding hydrogens is 479 g/mol. The number of nitrogens with one attached hydrogen (secondary N) is 1. The van der Waals surface area contributed by atoms with Gasteiger partial charge in [0, 0.05) is 16.7 Å². The van der Waals surface area contributed by atoms with E-state index in [-0.39, 0.29) is 25.5 Å². The Morgan fingerprint density at radius 2 is 1.91 bits per heavy atom. The molecule has 35 heavy (non-hydrogen) atoms. The first-order valence-electron chi connectivity index (χ1n) is 10.3. The van der Waals surface area contributed by atoms with Gasteiger partial charge in [0.1, 0.15) is 19.1 Å². The van der Waals surface area contributed by atoms with Gasteiger partial charge in [0.05, 0.1) is 60.3 Å². The summed E-state index contributed by atoms with van der Waals surface area (Å²) in [5.41, 5.74) is -6.30. The summed E-state index contributed by atoms with van der Waals surface area (Å²) < 4.78 is 86.5. The number of nitriles is 1. The van der Waals surface area contributed by atoms with Crippen LogP contribution < -0.4 is 5.32 Å². The van der Waals surface area contributed by atoms with E-state index in [1.807, 2.05) is 0 Å². The summed E-state index contributed by atoms with van der Waals surface area (Å²) in [6.07, 6.45) is -5.26. The molecule has 7 nitrogen and oxygen atoms in total. The van der Waals surface area contributed by atoms with Gasteiger partial charge in [0.2, 0.25) is 0 Å². The second-order valence-electron chi connectivity index (χ2n) is 8.49. The zero-order valence-corrected chi connectivity index (χ0v) is 18.9. The van der Waals surface area contributed by atoms with Crippen LogP contribution in [-0.2, 0) is 30.0 Å². The standard InChI is InChI=1S/C23H21F5N2O5/c1-11-15(21(32)35-10-22(2)8-34-9-22)18(17(20(31)33-3)14(6-24)30-11)16-13(25)5-4-12(7-29)19(16)23(26,27)28/h4-5,18,30H,6,8-10H2,1-3H3. The van der Waals surface area contributed by atoms with E-state index >= 15 is 4.39 Å². The minimum atomic E-state index is -5.26. The highest BCUT2D eigenvalue weighted by Gasteiger charge is 2.47. The second kappa shape index (κ2) is 9.65. The van der Waals surface area contributed by atoms with E-state index in [0.29, 0.717) is 12.1 Å². The SMILES string of the molecule is COC(=O)C1=C(CF)NC(C)=C(C(=O)OCC2(C)COC2)C1c1c(F)ccc(C#N)c1C(F)(F)F. The van der Waals surface area contributed by atoms with Crippen molar-refractivity contribution in [2.75, 3.05) is 33.6 Å². The molecule has 1 unspecified atom stereocenters. The maximum absolute atomic E-state index is 15.2. The molecule has 1 aromatic carbocycles. The Morgan fingerprint density at radius 1 is 1.26 bits per heavy atom. The van der Waals surface area contributed by atoms with Gasteiger partial charge in [0.15, 0.2) is 0 Å². The highest BCUT2D eigenvalue weighted by Crippen LogP contribution is 2.47. The number of rotatable bonds is 6. The van der Waals surface area contributed by atoms with Crippen molar-refractivity contribution >= 4 is 11.9 Å². The molecule has 0 spiro atoms. The first-order valence-corrected chi connectivity index (χ1v) is 10.3. The highest BCUT2D eigenvalue weighted by atomic mass is 19.4. The van der Waals surface area contributed by atoms with Crippen LogP contribution in [-0.4, -0.2) is 45.5 Å². The number of allylic oxidation sites excluding steroid dienone is 2. The number of hydrogen-bond acceptors (Lipinski definition) is 7. The largest absolute Gasteiger partial charge is 0.466 e. The Morgan fingerprint density at radius 3 is 2.40 bits per heavy atom. The van der Waals surface area contributed by atoms with E-state index in [2.05, 4.69) is 10.1 Å². The number of methoxy groups -OCH3 is 1. The second-order valence-corrected chi connectivity index (χ2v) is 8.49. The molecule has 3 rings (SSSR count). The first kappa shape index (κ1) is 26.2. The number of carbonyl (C=O) groups excluding carboxylic acids is 2. The first-order chi connectivity index (χ1) is 16.4. The fraction of sp³-hybridized carbons (Fsp3) is 0.435. The number of dihydropyridines is 1. The lowest BCUT2D eigenvalue weighted by atomic mass is 9.77. The van der Waals surface area contributed by atoms with Gasteiger partial charge < -0.3 is 19.5 Å². The minimum Gasteiger partial charge on any atom is -0.466 e. The van der Waals surface area contributed by atoms with Gasteiger partial charge in [-0.3, -0.25) is 0 Å². The Hall–Kier alpha value is -3.46. The van der Waals surface area contributed by atoms with Crippen LogP contribution in [0.3, 0.4) is 0 Å². The van der Waals surface area contributed by atoms with Crippen LogP contribution in [0.15, 0.2) is 34.7 Å². The number of hydrogen-bond donors (Lipinski definition) is 1. The number of benzene rings is 1. The monoisotopic (exact) mass is 500 g/mol. The number of alkyl halides is 4. The van der Waals surface area contributed by atoms with Gasteiger partial charge in [-0.25, -0.2) is 18.4 Å². The summed E-state index contributed by atoms with van der Waals surface area (Å²) in [7, 11) is 0.898. The van der Waals surface area contributed by atoms with Crippen LogP contribution in [0, 0.1) is 22.6 Å². The smallest absolute Gasteiger partial charge is 0.418 e. The highest BCUT2D eigenvalue weighted by molar-refractivity contribution is 6.00. The maximum atomic E-state index is 15.2. The van der Waals surface area contributed by atoms with Crippen molar-refractivity contribution in [1.82, 2.24) is 5.32 Å². The van der Waals surface area contributed by atoms with Crippen LogP contribution in [0.2, 0.25) is 0 Å². The fourth-order valence-electron chi connectivity index (χ4n) is 4.04. The van der Waals surface area contributed by atoms with Crippen LogP contribution in [0.25, 0.3) is 0 Å². The summed E-state index contributed by atoms with van der Waals surface area (Å²) >= 11 is 0. The summed E-state index contributed by atoms with van der Waals surface area (Å²) in [5.74, 6) is -5.97. The lowest BCUT2D eigenvalue weighted by Gasteiger charge is -2.38. The van der Waals surface area contributed by atoms with Crippen molar-refractivity contribution in [3.8, 4) is 6.07 Å². The van der Waals surface area contributed by atoms with E-state index < -0.39 is 75.5 Å². The summed E-state index contributed by atoms with van der Waals surface area (Å²) in [4.78, 5) is 25.8. The number of esters is 2. The van der Waals surface area contributed by atoms with E-state index in [4.69, 9.17) is 9.47 Å². The van der Waals surface area contributed by atoms with Crippen LogP contribution in [0.1, 0.15) is 36.5 Å². The molecule has 0 aromatic heterocycles. The third-order valence-corrected chi connectivity index (χ3v) is 5.74. The molecule has 0 amide bonds. The summed E-state index contributed by atoms with van der Waals surface area (Å²) in [5, 5.41) is 11.8. The lowest BCUT2D eigenvalue weighted by Crippen LogP contribution is -2.44. The topological polar surface area (TPSA) is 97.7 Å². The van der Waals surface area contributed by atoms with Crippen LogP contribution in [0.4, 0.5) is 22.0 Å². The quantitative estimate of drug-likeness (QED) is 0.470. The van der Waals surface area contributed by atoms with E-state index in [1.165, 1.54) is 13.0 Å². The molecule has 1 atom stereocenters. The minimum absolute atomic E-state index is 0.148. The van der Waals surface area contributed by atoms with E-state index in [9.17, 15) is 32.4 Å². The zero-order valence-electron chi connectivity index (χ0n) is 18.9. The Bertz CT molecular complexity index is 1160. The van der Waals surface area contributed by atoms with Gasteiger partial charge in [-0.2, -0.15) is 18.4 Å². The maximum Gasteiger partial charge on any atom is 0.418 e. The third kappa shape index (κ3) is 4.86. The average molecular weight is 500 g/mol. The predicted octanol–water partition coefficient (Wildman–Crippen LogP) is 3.65. The van der Waals surface area contributed by atoms with Gasteiger partial charge in [-0.1, -0.05) is 6.92 Å². The predicted molar refractivity (Wildman–Crippen MR) is 110 cm³/mol. The molecule has 0 bridgehead atoms. The number of halogens is 5. The number of carbonyl (C=O) groups is 2. The summed E-state index contributed by atoms with van der Waals surface area (Å²) in [6.45, 7) is 2.01. The van der Waals surface area contributed by atoms with Crippen LogP contribution >= 0.6 is 0 Å². The normalized spacial score (nSPS) is 19.5. The number of nitrogens with zero attached hydrogens (tertiary/aromatic N) is 1. The lowest BCUT2D eigenvalue weighted by molar-refractivity contribution is -0.162. The molecule has 0 saturated carbocycles. The molecule has 2 aliphatic rings. The van der Waals surface area contributed by atoms with Crippen molar-refractivity contribution in [2.24, 2.45) is 5.41 Å². The van der Waals surface area contributed by atoms with Gasteiger partial charge in [0.25, 0.3) is 0 Å². The molecule has 2 aliphatic heterocycles. The third-order valence-electron chi connectivity index (χ3n) is 5.74. The molecule has 1 saturated heterocycles. The van der Waals surface area contributed by atoms with Crippen molar-refractivity contribution in [3.05, 3.63) is 57.2 Å². The average Bonchev–Trinajstić information content (AvgIpc) is 2.79. The molecule has 0 radical (unpaired) electrons. The molecular formula is C23H21F5N2O5.